The van der Waals surface area contributed by atoms with Crippen LogP contribution in [0.4, 0.5) is 0 Å². The average Bonchev–Trinajstić information content (AvgIpc) is 2.92. The van der Waals surface area contributed by atoms with Crippen LogP contribution in [0.3, 0.4) is 0 Å². The smallest absolute Gasteiger partial charge is 0.251 e. The van der Waals surface area contributed by atoms with E-state index in [1.165, 1.54) is 0 Å². The van der Waals surface area contributed by atoms with E-state index in [0.29, 0.717) is 30.2 Å². The molecule has 0 aliphatic carbocycles. The van der Waals surface area contributed by atoms with Gasteiger partial charge < -0.3 is 14.9 Å². The van der Waals surface area contributed by atoms with Crippen LogP contribution in [0.25, 0.3) is 11.4 Å². The minimum Gasteiger partial charge on any atom is -0.396 e. The van der Waals surface area contributed by atoms with Crippen molar-refractivity contribution in [1.29, 1.82) is 0 Å². The van der Waals surface area contributed by atoms with E-state index in [2.05, 4.69) is 15.5 Å². The quantitative estimate of drug-likeness (QED) is 0.854. The lowest BCUT2D eigenvalue weighted by molar-refractivity contribution is 0.0928. The summed E-state index contributed by atoms with van der Waals surface area (Å²) in [6.07, 6.45) is 0.634. The molecule has 118 valence electrons. The Kier molecular flexibility index (Phi) is 4.92. The van der Waals surface area contributed by atoms with Crippen LogP contribution in [0.5, 0.6) is 0 Å². The Balaban J connectivity index is 2.08. The fraction of sp³-hybridized carbons (Fsp3) is 0.438. The number of nitrogens with zero attached hydrogens (tertiary/aromatic N) is 2. The highest BCUT2D eigenvalue weighted by Crippen LogP contribution is 2.19. The third kappa shape index (κ3) is 4.14. The van der Waals surface area contributed by atoms with Gasteiger partial charge in [-0.25, -0.2) is 0 Å². The van der Waals surface area contributed by atoms with Gasteiger partial charge in [-0.1, -0.05) is 31.1 Å². The molecule has 0 atom stereocenters. The summed E-state index contributed by atoms with van der Waals surface area (Å²) in [5, 5.41) is 15.8. The van der Waals surface area contributed by atoms with Crippen molar-refractivity contribution in [1.82, 2.24) is 15.5 Å². The molecule has 2 aromatic rings. The zero-order chi connectivity index (χ0) is 16.2. The summed E-state index contributed by atoms with van der Waals surface area (Å²) in [6, 6.07) is 7.09. The molecule has 1 heterocycles. The first kappa shape index (κ1) is 16.2. The molecule has 0 radical (unpaired) electrons. The zero-order valence-electron chi connectivity index (χ0n) is 13.1. The van der Waals surface area contributed by atoms with Gasteiger partial charge in [0.15, 0.2) is 0 Å². The molecule has 0 aliphatic rings. The maximum atomic E-state index is 12.2. The number of benzene rings is 1. The van der Waals surface area contributed by atoms with Gasteiger partial charge in [0, 0.05) is 31.2 Å². The fourth-order valence-corrected chi connectivity index (χ4v) is 2.03. The van der Waals surface area contributed by atoms with E-state index < -0.39 is 0 Å². The Morgan fingerprint density at radius 2 is 2.18 bits per heavy atom. The SMILES string of the molecule is Cc1nc(-c2cccc(C(=O)NCC(C)(C)CCO)c2)no1. The lowest BCUT2D eigenvalue weighted by Crippen LogP contribution is -2.34. The van der Waals surface area contributed by atoms with Crippen molar-refractivity contribution in [3.8, 4) is 11.4 Å². The van der Waals surface area contributed by atoms with Crippen molar-refractivity contribution in [2.75, 3.05) is 13.2 Å². The summed E-state index contributed by atoms with van der Waals surface area (Å²) in [5.41, 5.74) is 1.13. The molecular weight excluding hydrogens is 282 g/mol. The molecule has 1 amide bonds. The van der Waals surface area contributed by atoms with Crippen LogP contribution in [0.15, 0.2) is 28.8 Å². The number of aromatic nitrogens is 2. The number of amides is 1. The molecule has 0 spiro atoms. The van der Waals surface area contributed by atoms with E-state index in [0.717, 1.165) is 5.56 Å². The van der Waals surface area contributed by atoms with E-state index in [9.17, 15) is 4.79 Å². The number of carbonyl (C=O) groups is 1. The minimum absolute atomic E-state index is 0.107. The molecule has 6 nitrogen and oxygen atoms in total. The highest BCUT2D eigenvalue weighted by molar-refractivity contribution is 5.95. The number of aliphatic hydroxyl groups excluding tert-OH is 1. The van der Waals surface area contributed by atoms with Gasteiger partial charge >= 0.3 is 0 Å². The largest absolute Gasteiger partial charge is 0.396 e. The van der Waals surface area contributed by atoms with E-state index in [-0.39, 0.29) is 17.9 Å². The maximum absolute atomic E-state index is 12.2. The second-order valence-electron chi connectivity index (χ2n) is 6.04. The van der Waals surface area contributed by atoms with Gasteiger partial charge in [-0.05, 0) is 24.0 Å². The zero-order valence-corrected chi connectivity index (χ0v) is 13.1. The Hall–Kier alpha value is -2.21. The van der Waals surface area contributed by atoms with Crippen LogP contribution in [0, 0.1) is 12.3 Å². The van der Waals surface area contributed by atoms with Crippen LogP contribution in [0.1, 0.15) is 36.5 Å². The molecule has 0 aliphatic heterocycles. The lowest BCUT2D eigenvalue weighted by Gasteiger charge is -2.23. The Bertz CT molecular complexity index is 650. The summed E-state index contributed by atoms with van der Waals surface area (Å²) in [4.78, 5) is 16.4. The molecule has 0 saturated heterocycles. The number of aryl methyl sites for hydroxylation is 1. The summed E-state index contributed by atoms with van der Waals surface area (Å²) < 4.78 is 4.95. The van der Waals surface area contributed by atoms with Gasteiger partial charge in [0.2, 0.25) is 11.7 Å². The maximum Gasteiger partial charge on any atom is 0.251 e. The number of hydrogen-bond donors (Lipinski definition) is 2. The normalized spacial score (nSPS) is 11.5. The van der Waals surface area contributed by atoms with E-state index in [1.807, 2.05) is 19.9 Å². The van der Waals surface area contributed by atoms with Gasteiger partial charge in [0.1, 0.15) is 0 Å². The highest BCUT2D eigenvalue weighted by Gasteiger charge is 2.19. The molecule has 2 N–H and O–H groups in total. The molecule has 1 aromatic heterocycles. The predicted octanol–water partition coefficient (Wildman–Crippen LogP) is 2.18. The van der Waals surface area contributed by atoms with Crippen molar-refractivity contribution in [2.24, 2.45) is 5.41 Å². The minimum atomic E-state index is -0.159. The van der Waals surface area contributed by atoms with Gasteiger partial charge in [0.25, 0.3) is 5.91 Å². The Morgan fingerprint density at radius 1 is 1.41 bits per heavy atom. The van der Waals surface area contributed by atoms with Crippen LogP contribution in [0.2, 0.25) is 0 Å². The number of aliphatic hydroxyl groups is 1. The standard InChI is InChI=1S/C16H21N3O3/c1-11-18-14(19-22-11)12-5-4-6-13(9-12)15(21)17-10-16(2,3)7-8-20/h4-6,9,20H,7-8,10H2,1-3H3,(H,17,21). The lowest BCUT2D eigenvalue weighted by atomic mass is 9.89. The second kappa shape index (κ2) is 6.70. The molecule has 0 bridgehead atoms. The molecule has 0 unspecified atom stereocenters. The van der Waals surface area contributed by atoms with E-state index in [1.54, 1.807) is 25.1 Å². The number of carbonyl (C=O) groups excluding carboxylic acids is 1. The monoisotopic (exact) mass is 303 g/mol. The summed E-state index contributed by atoms with van der Waals surface area (Å²) in [7, 11) is 0. The fourth-order valence-electron chi connectivity index (χ4n) is 2.03. The third-order valence-electron chi connectivity index (χ3n) is 3.43. The van der Waals surface area contributed by atoms with Crippen LogP contribution >= 0.6 is 0 Å². The van der Waals surface area contributed by atoms with E-state index >= 15 is 0 Å². The number of nitrogens with one attached hydrogen (secondary N) is 1. The van der Waals surface area contributed by atoms with Gasteiger partial charge in [-0.2, -0.15) is 4.98 Å². The first-order valence-corrected chi connectivity index (χ1v) is 7.21. The highest BCUT2D eigenvalue weighted by atomic mass is 16.5. The van der Waals surface area contributed by atoms with Crippen molar-refractivity contribution in [3.63, 3.8) is 0 Å². The molecular formula is C16H21N3O3. The van der Waals surface area contributed by atoms with Crippen molar-refractivity contribution < 1.29 is 14.4 Å². The van der Waals surface area contributed by atoms with Crippen LogP contribution in [-0.2, 0) is 0 Å². The number of rotatable bonds is 6. The second-order valence-corrected chi connectivity index (χ2v) is 6.04. The van der Waals surface area contributed by atoms with Gasteiger partial charge in [-0.3, -0.25) is 4.79 Å². The first-order valence-electron chi connectivity index (χ1n) is 7.21. The number of hydrogen-bond acceptors (Lipinski definition) is 5. The topological polar surface area (TPSA) is 88.2 Å². The van der Waals surface area contributed by atoms with Crippen molar-refractivity contribution >= 4 is 5.91 Å². The Labute approximate surface area is 129 Å². The molecule has 0 saturated carbocycles. The van der Waals surface area contributed by atoms with Crippen LogP contribution in [-0.4, -0.2) is 34.3 Å². The third-order valence-corrected chi connectivity index (χ3v) is 3.43. The predicted molar refractivity (Wildman–Crippen MR) is 82.3 cm³/mol. The molecule has 6 heteroatoms. The molecule has 1 aromatic carbocycles. The molecule has 22 heavy (non-hydrogen) atoms. The first-order chi connectivity index (χ1) is 10.4. The van der Waals surface area contributed by atoms with Gasteiger partial charge in [-0.15, -0.1) is 0 Å². The average molecular weight is 303 g/mol. The van der Waals surface area contributed by atoms with Crippen molar-refractivity contribution in [2.45, 2.75) is 27.2 Å². The summed E-state index contributed by atoms with van der Waals surface area (Å²) in [5.74, 6) is 0.788. The molecule has 2 rings (SSSR count). The summed E-state index contributed by atoms with van der Waals surface area (Å²) in [6.45, 7) is 6.33. The molecule has 0 fully saturated rings. The Morgan fingerprint density at radius 3 is 2.82 bits per heavy atom. The van der Waals surface area contributed by atoms with Crippen LogP contribution < -0.4 is 5.32 Å². The van der Waals surface area contributed by atoms with E-state index in [4.69, 9.17) is 9.63 Å². The van der Waals surface area contributed by atoms with Crippen molar-refractivity contribution in [3.05, 3.63) is 35.7 Å². The summed E-state index contributed by atoms with van der Waals surface area (Å²) >= 11 is 0. The van der Waals surface area contributed by atoms with Gasteiger partial charge in [0.05, 0.1) is 0 Å².